The number of aryl methyl sites for hydroxylation is 1. The molecule has 0 aromatic carbocycles. The third-order valence-corrected chi connectivity index (χ3v) is 1.85. The fourth-order valence-corrected chi connectivity index (χ4v) is 1.32. The molecule has 0 spiro atoms. The molecule has 0 aliphatic heterocycles. The van der Waals surface area contributed by atoms with E-state index in [2.05, 4.69) is 37.2 Å². The van der Waals surface area contributed by atoms with Crippen molar-refractivity contribution in [3.8, 4) is 0 Å². The number of rotatable bonds is 2. The Bertz CT molecular complexity index is 243. The van der Waals surface area contributed by atoms with Crippen LogP contribution in [-0.2, 0) is 13.0 Å². The first kappa shape index (κ1) is 9.30. The van der Waals surface area contributed by atoms with Crippen LogP contribution >= 0.6 is 0 Å². The topological polar surface area (TPSA) is 17.8 Å². The van der Waals surface area contributed by atoms with Crippen LogP contribution in [0.25, 0.3) is 0 Å². The summed E-state index contributed by atoms with van der Waals surface area (Å²) in [6.45, 7) is 9.92. The van der Waals surface area contributed by atoms with Gasteiger partial charge >= 0.3 is 0 Å². The minimum absolute atomic E-state index is 0.354. The van der Waals surface area contributed by atoms with E-state index in [0.29, 0.717) is 5.41 Å². The molecule has 0 amide bonds. The van der Waals surface area contributed by atoms with Gasteiger partial charge in [0.05, 0.1) is 6.33 Å². The molecule has 1 heterocycles. The lowest BCUT2D eigenvalue weighted by molar-refractivity contribution is 0.398. The van der Waals surface area contributed by atoms with Crippen molar-refractivity contribution in [2.45, 2.75) is 40.7 Å². The van der Waals surface area contributed by atoms with Crippen LogP contribution in [0.3, 0.4) is 0 Å². The largest absolute Gasteiger partial charge is 0.335 e. The molecule has 1 aromatic heterocycles. The highest BCUT2D eigenvalue weighted by atomic mass is 15.0. The summed E-state index contributed by atoms with van der Waals surface area (Å²) in [5.41, 5.74) is 1.69. The molecule has 0 atom stereocenters. The first-order valence-corrected chi connectivity index (χ1v) is 4.52. The highest BCUT2D eigenvalue weighted by Crippen LogP contribution is 2.19. The molecule has 0 radical (unpaired) electrons. The van der Waals surface area contributed by atoms with Crippen molar-refractivity contribution >= 4 is 0 Å². The second-order valence-electron chi connectivity index (χ2n) is 4.41. The maximum Gasteiger partial charge on any atom is 0.0948 e. The monoisotopic (exact) mass is 166 g/mol. The maximum absolute atomic E-state index is 4.14. The molecule has 68 valence electrons. The van der Waals surface area contributed by atoms with Crippen molar-refractivity contribution in [1.82, 2.24) is 9.55 Å². The predicted octanol–water partition coefficient (Wildman–Crippen LogP) is 2.49. The lowest BCUT2D eigenvalue weighted by atomic mass is 9.91. The summed E-state index contributed by atoms with van der Waals surface area (Å²) >= 11 is 0. The van der Waals surface area contributed by atoms with E-state index in [9.17, 15) is 0 Å². The smallest absolute Gasteiger partial charge is 0.0948 e. The van der Waals surface area contributed by atoms with Crippen LogP contribution in [-0.4, -0.2) is 9.55 Å². The van der Waals surface area contributed by atoms with Crippen LogP contribution in [0.4, 0.5) is 0 Å². The Morgan fingerprint density at radius 2 is 2.08 bits per heavy atom. The van der Waals surface area contributed by atoms with Gasteiger partial charge in [0.15, 0.2) is 0 Å². The average molecular weight is 166 g/mol. The Balaban J connectivity index is 2.75. The molecule has 0 N–H and O–H groups in total. The Labute approximate surface area is 74.6 Å². The number of nitrogens with zero attached hydrogens (tertiary/aromatic N) is 2. The molecule has 12 heavy (non-hydrogen) atoms. The van der Waals surface area contributed by atoms with Crippen LogP contribution in [0.2, 0.25) is 0 Å². The van der Waals surface area contributed by atoms with E-state index < -0.39 is 0 Å². The fraction of sp³-hybridized carbons (Fsp3) is 0.700. The third kappa shape index (κ3) is 2.36. The van der Waals surface area contributed by atoms with E-state index in [1.165, 1.54) is 5.69 Å². The Morgan fingerprint density at radius 1 is 1.42 bits per heavy atom. The van der Waals surface area contributed by atoms with Crippen LogP contribution in [0, 0.1) is 5.41 Å². The Hall–Kier alpha value is -0.790. The third-order valence-electron chi connectivity index (χ3n) is 1.85. The predicted molar refractivity (Wildman–Crippen MR) is 51.1 cm³/mol. The van der Waals surface area contributed by atoms with Gasteiger partial charge in [-0.1, -0.05) is 20.8 Å². The van der Waals surface area contributed by atoms with Gasteiger partial charge in [-0.25, -0.2) is 4.98 Å². The van der Waals surface area contributed by atoms with Crippen molar-refractivity contribution < 1.29 is 0 Å². The SMILES string of the molecule is CCn1cncc1CC(C)(C)C. The molecule has 0 aliphatic carbocycles. The normalized spacial score (nSPS) is 12.0. The van der Waals surface area contributed by atoms with Gasteiger partial charge in [-0.3, -0.25) is 0 Å². The molecule has 0 unspecified atom stereocenters. The summed E-state index contributed by atoms with van der Waals surface area (Å²) < 4.78 is 2.20. The van der Waals surface area contributed by atoms with Crippen molar-refractivity contribution in [2.24, 2.45) is 5.41 Å². The second-order valence-corrected chi connectivity index (χ2v) is 4.41. The number of imidazole rings is 1. The van der Waals surface area contributed by atoms with Gasteiger partial charge in [0, 0.05) is 18.4 Å². The summed E-state index contributed by atoms with van der Waals surface area (Å²) in [5, 5.41) is 0. The molecule has 0 fully saturated rings. The summed E-state index contributed by atoms with van der Waals surface area (Å²) in [7, 11) is 0. The zero-order chi connectivity index (χ0) is 9.19. The lowest BCUT2D eigenvalue weighted by Gasteiger charge is -2.18. The van der Waals surface area contributed by atoms with Crippen molar-refractivity contribution in [1.29, 1.82) is 0 Å². The van der Waals surface area contributed by atoms with E-state index in [1.807, 2.05) is 12.5 Å². The molecule has 0 aliphatic rings. The molecule has 0 saturated carbocycles. The molecule has 1 aromatic rings. The van der Waals surface area contributed by atoms with Crippen molar-refractivity contribution in [2.75, 3.05) is 0 Å². The standard InChI is InChI=1S/C10H18N2/c1-5-12-8-11-7-9(12)6-10(2,3)4/h7-8H,5-6H2,1-4H3. The van der Waals surface area contributed by atoms with E-state index in [0.717, 1.165) is 13.0 Å². The van der Waals surface area contributed by atoms with E-state index in [1.54, 1.807) is 0 Å². The number of aromatic nitrogens is 2. The quantitative estimate of drug-likeness (QED) is 0.660. The first-order valence-electron chi connectivity index (χ1n) is 4.52. The van der Waals surface area contributed by atoms with Gasteiger partial charge in [-0.2, -0.15) is 0 Å². The van der Waals surface area contributed by atoms with E-state index in [-0.39, 0.29) is 0 Å². The van der Waals surface area contributed by atoms with Gasteiger partial charge < -0.3 is 4.57 Å². The highest BCUT2D eigenvalue weighted by molar-refractivity contribution is 5.00. The first-order chi connectivity index (χ1) is 5.53. The van der Waals surface area contributed by atoms with E-state index in [4.69, 9.17) is 0 Å². The Kier molecular flexibility index (Phi) is 2.55. The molecular formula is C10H18N2. The van der Waals surface area contributed by atoms with Gasteiger partial charge in [-0.05, 0) is 18.8 Å². The average Bonchev–Trinajstić information content (AvgIpc) is 2.31. The summed E-state index contributed by atoms with van der Waals surface area (Å²) in [6, 6.07) is 0. The highest BCUT2D eigenvalue weighted by Gasteiger charge is 2.13. The lowest BCUT2D eigenvalue weighted by Crippen LogP contribution is -2.12. The van der Waals surface area contributed by atoms with Crippen molar-refractivity contribution in [3.05, 3.63) is 18.2 Å². The van der Waals surface area contributed by atoms with Gasteiger partial charge in [0.1, 0.15) is 0 Å². The molecular weight excluding hydrogens is 148 g/mol. The van der Waals surface area contributed by atoms with Crippen molar-refractivity contribution in [3.63, 3.8) is 0 Å². The van der Waals surface area contributed by atoms with Crippen LogP contribution in [0.5, 0.6) is 0 Å². The van der Waals surface area contributed by atoms with Gasteiger partial charge in [-0.15, -0.1) is 0 Å². The van der Waals surface area contributed by atoms with Crippen LogP contribution in [0.15, 0.2) is 12.5 Å². The second kappa shape index (κ2) is 3.30. The number of hydrogen-bond donors (Lipinski definition) is 0. The number of hydrogen-bond acceptors (Lipinski definition) is 1. The Morgan fingerprint density at radius 3 is 2.58 bits per heavy atom. The van der Waals surface area contributed by atoms with Gasteiger partial charge in [0.25, 0.3) is 0 Å². The molecule has 0 bridgehead atoms. The zero-order valence-electron chi connectivity index (χ0n) is 8.46. The molecule has 1 rings (SSSR count). The molecule has 2 nitrogen and oxygen atoms in total. The summed E-state index contributed by atoms with van der Waals surface area (Å²) in [4.78, 5) is 4.14. The minimum Gasteiger partial charge on any atom is -0.335 e. The summed E-state index contributed by atoms with van der Waals surface area (Å²) in [5.74, 6) is 0. The molecule has 0 saturated heterocycles. The maximum atomic E-state index is 4.14. The summed E-state index contributed by atoms with van der Waals surface area (Å²) in [6.07, 6.45) is 4.97. The fourth-order valence-electron chi connectivity index (χ4n) is 1.32. The van der Waals surface area contributed by atoms with E-state index >= 15 is 0 Å². The van der Waals surface area contributed by atoms with Crippen LogP contribution in [0.1, 0.15) is 33.4 Å². The zero-order valence-corrected chi connectivity index (χ0v) is 8.46. The minimum atomic E-state index is 0.354. The van der Waals surface area contributed by atoms with Gasteiger partial charge in [0.2, 0.25) is 0 Å². The molecule has 2 heteroatoms. The van der Waals surface area contributed by atoms with Crippen LogP contribution < -0.4 is 0 Å².